The van der Waals surface area contributed by atoms with Crippen molar-refractivity contribution in [1.29, 1.82) is 0 Å². The molecule has 0 aromatic carbocycles. The van der Waals surface area contributed by atoms with Gasteiger partial charge in [-0.1, -0.05) is 0 Å². The standard InChI is InChI=1S/C11H24N2O3/c1-11(2,3)16-10(15)13(8-9-14)7-5-4-6-12/h14H,4-9,12H2,1-3H3. The molecule has 16 heavy (non-hydrogen) atoms. The summed E-state index contributed by atoms with van der Waals surface area (Å²) in [6.45, 7) is 6.90. The molecule has 96 valence electrons. The number of carbonyl (C=O) groups excluding carboxylic acids is 1. The van der Waals surface area contributed by atoms with E-state index in [1.807, 2.05) is 20.8 Å². The molecule has 5 heteroatoms. The van der Waals surface area contributed by atoms with Crippen LogP contribution >= 0.6 is 0 Å². The summed E-state index contributed by atoms with van der Waals surface area (Å²) in [5, 5.41) is 8.87. The zero-order valence-electron chi connectivity index (χ0n) is 10.5. The van der Waals surface area contributed by atoms with Crippen molar-refractivity contribution in [3.05, 3.63) is 0 Å². The zero-order valence-corrected chi connectivity index (χ0v) is 10.5. The summed E-state index contributed by atoms with van der Waals surface area (Å²) in [4.78, 5) is 13.2. The Hall–Kier alpha value is -0.810. The summed E-state index contributed by atoms with van der Waals surface area (Å²) < 4.78 is 5.23. The quantitative estimate of drug-likeness (QED) is 0.669. The highest BCUT2D eigenvalue weighted by Crippen LogP contribution is 2.10. The molecule has 0 unspecified atom stereocenters. The number of nitrogens with two attached hydrogens (primary N) is 1. The van der Waals surface area contributed by atoms with Crippen molar-refractivity contribution >= 4 is 6.09 Å². The Balaban J connectivity index is 4.12. The van der Waals surface area contributed by atoms with Crippen LogP contribution < -0.4 is 5.73 Å². The van der Waals surface area contributed by atoms with Gasteiger partial charge in [-0.05, 0) is 40.2 Å². The maximum atomic E-state index is 11.7. The molecule has 0 saturated heterocycles. The van der Waals surface area contributed by atoms with Gasteiger partial charge in [-0.25, -0.2) is 4.79 Å². The predicted octanol–water partition coefficient (Wildman–Crippen LogP) is 0.955. The van der Waals surface area contributed by atoms with Gasteiger partial charge in [0.25, 0.3) is 0 Å². The van der Waals surface area contributed by atoms with Gasteiger partial charge in [0.15, 0.2) is 0 Å². The Morgan fingerprint density at radius 2 is 1.94 bits per heavy atom. The van der Waals surface area contributed by atoms with E-state index in [9.17, 15) is 4.79 Å². The summed E-state index contributed by atoms with van der Waals surface area (Å²) in [6, 6.07) is 0. The minimum absolute atomic E-state index is 0.0537. The van der Waals surface area contributed by atoms with E-state index in [-0.39, 0.29) is 12.7 Å². The first-order chi connectivity index (χ1) is 7.40. The molecule has 0 fully saturated rings. The zero-order chi connectivity index (χ0) is 12.6. The minimum Gasteiger partial charge on any atom is -0.444 e. The third-order valence-corrected chi connectivity index (χ3v) is 1.90. The SMILES string of the molecule is CC(C)(C)OC(=O)N(CCO)CCCCN. The van der Waals surface area contributed by atoms with E-state index < -0.39 is 5.60 Å². The number of ether oxygens (including phenoxy) is 1. The third kappa shape index (κ3) is 7.48. The van der Waals surface area contributed by atoms with Gasteiger partial charge in [0, 0.05) is 13.1 Å². The molecule has 0 spiro atoms. The smallest absolute Gasteiger partial charge is 0.410 e. The normalized spacial score (nSPS) is 11.3. The van der Waals surface area contributed by atoms with Crippen LogP contribution in [-0.4, -0.2) is 47.9 Å². The molecule has 3 N–H and O–H groups in total. The van der Waals surface area contributed by atoms with Gasteiger partial charge in [0.05, 0.1) is 6.61 Å². The van der Waals surface area contributed by atoms with E-state index in [1.165, 1.54) is 4.90 Å². The maximum Gasteiger partial charge on any atom is 0.410 e. The van der Waals surface area contributed by atoms with E-state index in [0.29, 0.717) is 19.6 Å². The molecule has 0 aliphatic heterocycles. The van der Waals surface area contributed by atoms with E-state index in [1.54, 1.807) is 0 Å². The molecule has 0 aromatic rings. The van der Waals surface area contributed by atoms with E-state index in [0.717, 1.165) is 12.8 Å². The van der Waals surface area contributed by atoms with Crippen LogP contribution in [0.1, 0.15) is 33.6 Å². The first kappa shape index (κ1) is 15.2. The van der Waals surface area contributed by atoms with Crippen molar-refractivity contribution in [2.45, 2.75) is 39.2 Å². The Morgan fingerprint density at radius 3 is 2.38 bits per heavy atom. The molecule has 0 aliphatic rings. The number of nitrogens with zero attached hydrogens (tertiary/aromatic N) is 1. The number of hydrogen-bond acceptors (Lipinski definition) is 4. The fourth-order valence-corrected chi connectivity index (χ4v) is 1.19. The number of carbonyl (C=O) groups is 1. The Kier molecular flexibility index (Phi) is 7.08. The molecule has 0 aromatic heterocycles. The molecule has 1 amide bonds. The van der Waals surface area contributed by atoms with Crippen molar-refractivity contribution in [1.82, 2.24) is 4.90 Å². The van der Waals surface area contributed by atoms with Crippen molar-refractivity contribution in [2.75, 3.05) is 26.2 Å². The number of unbranched alkanes of at least 4 members (excludes halogenated alkanes) is 1. The lowest BCUT2D eigenvalue weighted by Gasteiger charge is -2.26. The average molecular weight is 232 g/mol. The molecule has 0 aliphatic carbocycles. The molecule has 5 nitrogen and oxygen atoms in total. The number of hydrogen-bond donors (Lipinski definition) is 2. The summed E-state index contributed by atoms with van der Waals surface area (Å²) in [7, 11) is 0. The summed E-state index contributed by atoms with van der Waals surface area (Å²) >= 11 is 0. The average Bonchev–Trinajstić information content (AvgIpc) is 2.14. The fraction of sp³-hybridized carbons (Fsp3) is 0.909. The highest BCUT2D eigenvalue weighted by atomic mass is 16.6. The van der Waals surface area contributed by atoms with Crippen LogP contribution in [0.15, 0.2) is 0 Å². The second kappa shape index (κ2) is 7.46. The van der Waals surface area contributed by atoms with Crippen LogP contribution in [0.25, 0.3) is 0 Å². The Morgan fingerprint density at radius 1 is 1.31 bits per heavy atom. The Labute approximate surface area is 97.6 Å². The third-order valence-electron chi connectivity index (χ3n) is 1.90. The van der Waals surface area contributed by atoms with Crippen LogP contribution in [0.5, 0.6) is 0 Å². The van der Waals surface area contributed by atoms with Gasteiger partial charge in [-0.2, -0.15) is 0 Å². The van der Waals surface area contributed by atoms with Gasteiger partial charge >= 0.3 is 6.09 Å². The predicted molar refractivity (Wildman–Crippen MR) is 63.2 cm³/mol. The first-order valence-electron chi connectivity index (χ1n) is 5.69. The summed E-state index contributed by atoms with van der Waals surface area (Å²) in [6.07, 6.45) is 1.32. The van der Waals surface area contributed by atoms with Crippen LogP contribution in [0.3, 0.4) is 0 Å². The minimum atomic E-state index is -0.501. The fourth-order valence-electron chi connectivity index (χ4n) is 1.19. The monoisotopic (exact) mass is 232 g/mol. The second-order valence-corrected chi connectivity index (χ2v) is 4.69. The van der Waals surface area contributed by atoms with Crippen LogP contribution in [0.2, 0.25) is 0 Å². The molecule has 0 heterocycles. The molecule has 0 saturated carbocycles. The molecule has 0 radical (unpaired) electrons. The topological polar surface area (TPSA) is 75.8 Å². The number of aliphatic hydroxyl groups excluding tert-OH is 1. The van der Waals surface area contributed by atoms with E-state index in [2.05, 4.69) is 0 Å². The van der Waals surface area contributed by atoms with Crippen molar-refractivity contribution in [2.24, 2.45) is 5.73 Å². The van der Waals surface area contributed by atoms with E-state index in [4.69, 9.17) is 15.6 Å². The van der Waals surface area contributed by atoms with Crippen molar-refractivity contribution in [3.63, 3.8) is 0 Å². The lowest BCUT2D eigenvalue weighted by molar-refractivity contribution is 0.0216. The molecule has 0 bridgehead atoms. The van der Waals surface area contributed by atoms with Gasteiger partial charge in [0.2, 0.25) is 0 Å². The number of rotatable bonds is 6. The molecular weight excluding hydrogens is 208 g/mol. The van der Waals surface area contributed by atoms with Crippen molar-refractivity contribution < 1.29 is 14.6 Å². The van der Waals surface area contributed by atoms with E-state index >= 15 is 0 Å². The number of aliphatic hydroxyl groups is 1. The Bertz CT molecular complexity index is 202. The largest absolute Gasteiger partial charge is 0.444 e. The lowest BCUT2D eigenvalue weighted by atomic mass is 10.2. The van der Waals surface area contributed by atoms with Crippen LogP contribution in [0.4, 0.5) is 4.79 Å². The number of amides is 1. The highest BCUT2D eigenvalue weighted by molar-refractivity contribution is 5.68. The van der Waals surface area contributed by atoms with Crippen LogP contribution in [0, 0.1) is 0 Å². The van der Waals surface area contributed by atoms with Crippen LogP contribution in [-0.2, 0) is 4.74 Å². The maximum absolute atomic E-state index is 11.7. The first-order valence-corrected chi connectivity index (χ1v) is 5.69. The molecule has 0 atom stereocenters. The van der Waals surface area contributed by atoms with Gasteiger partial charge in [-0.15, -0.1) is 0 Å². The molecular formula is C11H24N2O3. The summed E-state index contributed by atoms with van der Waals surface area (Å²) in [5.41, 5.74) is 4.88. The highest BCUT2D eigenvalue weighted by Gasteiger charge is 2.21. The second-order valence-electron chi connectivity index (χ2n) is 4.69. The summed E-state index contributed by atoms with van der Waals surface area (Å²) in [5.74, 6) is 0. The van der Waals surface area contributed by atoms with Gasteiger partial charge in [-0.3, -0.25) is 0 Å². The van der Waals surface area contributed by atoms with Crippen molar-refractivity contribution in [3.8, 4) is 0 Å². The molecule has 0 rings (SSSR count). The lowest BCUT2D eigenvalue weighted by Crippen LogP contribution is -2.39. The van der Waals surface area contributed by atoms with Gasteiger partial charge < -0.3 is 20.5 Å². The van der Waals surface area contributed by atoms with Gasteiger partial charge in [0.1, 0.15) is 5.60 Å².